The summed E-state index contributed by atoms with van der Waals surface area (Å²) in [5.74, 6) is 0. The SMILES string of the molecule is Cc1ccc(C(=CSc2ncccn2)c2ccc(C)cc2)cc1. The van der Waals surface area contributed by atoms with Gasteiger partial charge >= 0.3 is 0 Å². The average molecular weight is 318 g/mol. The van der Waals surface area contributed by atoms with Crippen molar-refractivity contribution in [3.63, 3.8) is 0 Å². The molecule has 0 saturated heterocycles. The fourth-order valence-electron chi connectivity index (χ4n) is 2.23. The Labute approximate surface area is 141 Å². The van der Waals surface area contributed by atoms with Gasteiger partial charge < -0.3 is 0 Å². The maximum Gasteiger partial charge on any atom is 0.191 e. The second kappa shape index (κ2) is 7.25. The Morgan fingerprint density at radius 2 is 1.26 bits per heavy atom. The van der Waals surface area contributed by atoms with Gasteiger partial charge in [-0.05, 0) is 42.0 Å². The summed E-state index contributed by atoms with van der Waals surface area (Å²) in [5.41, 5.74) is 6.10. The first-order valence-electron chi connectivity index (χ1n) is 7.50. The standard InChI is InChI=1S/C20H18N2S/c1-15-4-8-17(9-5-15)19(18-10-6-16(2)7-11-18)14-23-20-21-12-3-13-22-20/h3-14H,1-2H3. The molecular weight excluding hydrogens is 300 g/mol. The molecular formula is C20H18N2S. The Morgan fingerprint density at radius 1 is 0.783 bits per heavy atom. The molecule has 1 heterocycles. The van der Waals surface area contributed by atoms with Gasteiger partial charge in [-0.1, -0.05) is 71.4 Å². The second-order valence-electron chi connectivity index (χ2n) is 5.41. The fourth-order valence-corrected chi connectivity index (χ4v) is 2.97. The zero-order valence-corrected chi connectivity index (χ0v) is 14.0. The van der Waals surface area contributed by atoms with Crippen LogP contribution in [-0.4, -0.2) is 9.97 Å². The zero-order chi connectivity index (χ0) is 16.1. The normalized spacial score (nSPS) is 10.3. The third-order valence-electron chi connectivity index (χ3n) is 3.55. The highest BCUT2D eigenvalue weighted by Gasteiger charge is 2.06. The van der Waals surface area contributed by atoms with E-state index in [9.17, 15) is 0 Å². The van der Waals surface area contributed by atoms with E-state index in [2.05, 4.69) is 77.8 Å². The summed E-state index contributed by atoms with van der Waals surface area (Å²) in [4.78, 5) is 8.55. The van der Waals surface area contributed by atoms with E-state index >= 15 is 0 Å². The Kier molecular flexibility index (Phi) is 4.89. The van der Waals surface area contributed by atoms with Crippen LogP contribution in [0.2, 0.25) is 0 Å². The predicted molar refractivity (Wildman–Crippen MR) is 97.3 cm³/mol. The van der Waals surface area contributed by atoms with Gasteiger partial charge in [-0.3, -0.25) is 0 Å². The van der Waals surface area contributed by atoms with Crippen molar-refractivity contribution < 1.29 is 0 Å². The van der Waals surface area contributed by atoms with Crippen molar-refractivity contribution in [2.45, 2.75) is 19.0 Å². The fraction of sp³-hybridized carbons (Fsp3) is 0.100. The van der Waals surface area contributed by atoms with E-state index < -0.39 is 0 Å². The van der Waals surface area contributed by atoms with Crippen LogP contribution in [0.25, 0.3) is 5.57 Å². The Balaban J connectivity index is 1.99. The highest BCUT2D eigenvalue weighted by atomic mass is 32.2. The molecule has 0 aliphatic rings. The lowest BCUT2D eigenvalue weighted by Crippen LogP contribution is -1.89. The van der Waals surface area contributed by atoms with Gasteiger partial charge in [-0.25, -0.2) is 9.97 Å². The lowest BCUT2D eigenvalue weighted by molar-refractivity contribution is 0.971. The van der Waals surface area contributed by atoms with Crippen molar-refractivity contribution in [2.24, 2.45) is 0 Å². The predicted octanol–water partition coefficient (Wildman–Crippen LogP) is 5.27. The van der Waals surface area contributed by atoms with E-state index in [-0.39, 0.29) is 0 Å². The van der Waals surface area contributed by atoms with Crippen molar-refractivity contribution in [3.8, 4) is 0 Å². The van der Waals surface area contributed by atoms with Gasteiger partial charge in [-0.2, -0.15) is 0 Å². The first kappa shape index (κ1) is 15.5. The largest absolute Gasteiger partial charge is 0.231 e. The minimum atomic E-state index is 0.754. The quantitative estimate of drug-likeness (QED) is 0.484. The molecule has 0 unspecified atom stereocenters. The van der Waals surface area contributed by atoms with E-state index in [1.54, 1.807) is 24.2 Å². The smallest absolute Gasteiger partial charge is 0.191 e. The molecule has 3 rings (SSSR count). The molecule has 23 heavy (non-hydrogen) atoms. The Morgan fingerprint density at radius 3 is 1.74 bits per heavy atom. The summed E-state index contributed by atoms with van der Waals surface area (Å²) < 4.78 is 0. The number of hydrogen-bond acceptors (Lipinski definition) is 3. The molecule has 2 aromatic carbocycles. The van der Waals surface area contributed by atoms with Gasteiger partial charge in [0, 0.05) is 12.4 Å². The lowest BCUT2D eigenvalue weighted by atomic mass is 9.98. The molecule has 0 amide bonds. The third-order valence-corrected chi connectivity index (χ3v) is 4.32. The van der Waals surface area contributed by atoms with Crippen molar-refractivity contribution >= 4 is 17.3 Å². The van der Waals surface area contributed by atoms with Crippen molar-refractivity contribution in [1.29, 1.82) is 0 Å². The molecule has 0 saturated carbocycles. The summed E-state index contributed by atoms with van der Waals surface area (Å²) in [6.45, 7) is 4.21. The zero-order valence-electron chi connectivity index (χ0n) is 13.2. The Hall–Kier alpha value is -2.39. The molecule has 0 bridgehead atoms. The van der Waals surface area contributed by atoms with Gasteiger partial charge in [0.25, 0.3) is 0 Å². The summed E-state index contributed by atoms with van der Waals surface area (Å²) >= 11 is 1.54. The van der Waals surface area contributed by atoms with E-state index in [1.165, 1.54) is 27.8 Å². The molecule has 0 aliphatic carbocycles. The van der Waals surface area contributed by atoms with Gasteiger partial charge in [-0.15, -0.1) is 0 Å². The van der Waals surface area contributed by atoms with Gasteiger partial charge in [0.2, 0.25) is 0 Å². The molecule has 0 N–H and O–H groups in total. The minimum Gasteiger partial charge on any atom is -0.231 e. The number of aromatic nitrogens is 2. The average Bonchev–Trinajstić information content (AvgIpc) is 2.59. The molecule has 3 aromatic rings. The molecule has 0 fully saturated rings. The number of rotatable bonds is 4. The first-order valence-corrected chi connectivity index (χ1v) is 8.38. The summed E-state index contributed by atoms with van der Waals surface area (Å²) in [5, 5.41) is 2.88. The molecule has 0 radical (unpaired) electrons. The van der Waals surface area contributed by atoms with Crippen LogP contribution in [-0.2, 0) is 0 Å². The first-order chi connectivity index (χ1) is 11.2. The maximum atomic E-state index is 4.27. The molecule has 0 aliphatic heterocycles. The van der Waals surface area contributed by atoms with Crippen molar-refractivity contribution in [2.75, 3.05) is 0 Å². The molecule has 0 atom stereocenters. The molecule has 114 valence electrons. The van der Waals surface area contributed by atoms with E-state index in [0.29, 0.717) is 0 Å². The molecule has 3 heteroatoms. The van der Waals surface area contributed by atoms with Crippen LogP contribution in [0.5, 0.6) is 0 Å². The number of nitrogens with zero attached hydrogens (tertiary/aromatic N) is 2. The number of hydrogen-bond donors (Lipinski definition) is 0. The topological polar surface area (TPSA) is 25.8 Å². The molecule has 2 nitrogen and oxygen atoms in total. The lowest BCUT2D eigenvalue weighted by Gasteiger charge is -2.09. The summed E-state index contributed by atoms with van der Waals surface area (Å²) in [7, 11) is 0. The van der Waals surface area contributed by atoms with Crippen molar-refractivity contribution in [1.82, 2.24) is 9.97 Å². The molecule has 0 spiro atoms. The number of thioether (sulfide) groups is 1. The highest BCUT2D eigenvalue weighted by Crippen LogP contribution is 2.28. The van der Waals surface area contributed by atoms with Crippen LogP contribution >= 0.6 is 11.8 Å². The van der Waals surface area contributed by atoms with E-state index in [1.807, 2.05) is 6.07 Å². The monoisotopic (exact) mass is 318 g/mol. The summed E-state index contributed by atoms with van der Waals surface area (Å²) in [6.07, 6.45) is 3.53. The van der Waals surface area contributed by atoms with Crippen LogP contribution in [0.15, 0.2) is 77.6 Å². The van der Waals surface area contributed by atoms with E-state index in [0.717, 1.165) is 5.16 Å². The summed E-state index contributed by atoms with van der Waals surface area (Å²) in [6, 6.07) is 19.0. The second-order valence-corrected chi connectivity index (χ2v) is 6.25. The Bertz CT molecular complexity index is 744. The third kappa shape index (κ3) is 4.08. The van der Waals surface area contributed by atoms with E-state index in [4.69, 9.17) is 0 Å². The number of aryl methyl sites for hydroxylation is 2. The van der Waals surface area contributed by atoms with Gasteiger partial charge in [0.1, 0.15) is 0 Å². The van der Waals surface area contributed by atoms with Crippen molar-refractivity contribution in [3.05, 3.63) is 94.7 Å². The van der Waals surface area contributed by atoms with Gasteiger partial charge in [0.15, 0.2) is 5.16 Å². The maximum absolute atomic E-state index is 4.27. The number of benzene rings is 2. The highest BCUT2D eigenvalue weighted by molar-refractivity contribution is 8.02. The van der Waals surface area contributed by atoms with Crippen LogP contribution in [0.4, 0.5) is 0 Å². The van der Waals surface area contributed by atoms with Crippen LogP contribution < -0.4 is 0 Å². The van der Waals surface area contributed by atoms with Gasteiger partial charge in [0.05, 0.1) is 0 Å². The van der Waals surface area contributed by atoms with Crippen LogP contribution in [0.1, 0.15) is 22.3 Å². The molecule has 1 aromatic heterocycles. The van der Waals surface area contributed by atoms with Crippen LogP contribution in [0, 0.1) is 13.8 Å². The minimum absolute atomic E-state index is 0.754. The van der Waals surface area contributed by atoms with Crippen LogP contribution in [0.3, 0.4) is 0 Å².